The maximum absolute atomic E-state index is 13.3. The Morgan fingerprint density at radius 2 is 1.91 bits per heavy atom. The Morgan fingerprint density at radius 3 is 2.71 bits per heavy atom. The van der Waals surface area contributed by atoms with Gasteiger partial charge in [-0.05, 0) is 67.3 Å². The van der Waals surface area contributed by atoms with Crippen molar-refractivity contribution in [2.75, 3.05) is 13.1 Å². The first-order valence-corrected chi connectivity index (χ1v) is 12.7. The number of piperidine rings is 1. The van der Waals surface area contributed by atoms with E-state index >= 15 is 0 Å². The van der Waals surface area contributed by atoms with Gasteiger partial charge in [0.1, 0.15) is 5.76 Å². The highest BCUT2D eigenvalue weighted by Crippen LogP contribution is 2.25. The van der Waals surface area contributed by atoms with Crippen molar-refractivity contribution in [3.8, 4) is 0 Å². The molecule has 5 rings (SSSR count). The van der Waals surface area contributed by atoms with Crippen LogP contribution in [0.4, 0.5) is 0 Å². The van der Waals surface area contributed by atoms with Crippen LogP contribution in [-0.2, 0) is 12.3 Å². The number of carbonyl (C=O) groups excluding carboxylic acids is 1. The molecule has 4 aromatic rings. The second-order valence-corrected chi connectivity index (χ2v) is 9.75. The molecule has 1 amide bonds. The molecule has 0 spiro atoms. The number of halogens is 1. The number of aromatic nitrogens is 2. The molecule has 0 unspecified atom stereocenters. The third-order valence-electron chi connectivity index (χ3n) is 5.96. The fourth-order valence-corrected chi connectivity index (χ4v) is 5.31. The van der Waals surface area contributed by atoms with Crippen molar-refractivity contribution in [3.05, 3.63) is 93.1 Å². The largest absolute Gasteiger partial charge is 0.467 e. The van der Waals surface area contributed by atoms with E-state index in [0.717, 1.165) is 31.5 Å². The lowest BCUT2D eigenvalue weighted by Gasteiger charge is -2.26. The molecule has 2 aromatic heterocycles. The molecule has 1 aliphatic heterocycles. The standard InChI is InChI=1S/C26H24ClN3O3S/c27-20-9-10-22-23(15-20)28-26(30(25(22)32)16-21-8-5-13-33-21)34-17-18-6-4-7-19(14-18)24(31)29-11-2-1-3-12-29/h4-10,13-15H,1-3,11-12,16-17H2. The zero-order valence-electron chi connectivity index (χ0n) is 18.6. The highest BCUT2D eigenvalue weighted by Gasteiger charge is 2.19. The minimum absolute atomic E-state index is 0.0831. The summed E-state index contributed by atoms with van der Waals surface area (Å²) in [6.07, 6.45) is 4.90. The van der Waals surface area contributed by atoms with E-state index in [1.165, 1.54) is 18.2 Å². The van der Waals surface area contributed by atoms with Gasteiger partial charge in [0.05, 0.1) is 23.7 Å². The number of thioether (sulfide) groups is 1. The molecule has 0 saturated carbocycles. The summed E-state index contributed by atoms with van der Waals surface area (Å²) in [6.45, 7) is 1.92. The Bertz CT molecular complexity index is 1380. The van der Waals surface area contributed by atoms with E-state index in [9.17, 15) is 9.59 Å². The molecule has 2 aromatic carbocycles. The zero-order valence-corrected chi connectivity index (χ0v) is 20.1. The second-order valence-electron chi connectivity index (χ2n) is 8.37. The zero-order chi connectivity index (χ0) is 23.5. The molecule has 0 bridgehead atoms. The van der Waals surface area contributed by atoms with E-state index in [4.69, 9.17) is 21.0 Å². The van der Waals surface area contributed by atoms with Crippen LogP contribution in [0.5, 0.6) is 0 Å². The van der Waals surface area contributed by atoms with Crippen molar-refractivity contribution < 1.29 is 9.21 Å². The maximum atomic E-state index is 13.3. The van der Waals surface area contributed by atoms with Crippen molar-refractivity contribution in [2.45, 2.75) is 36.7 Å². The predicted molar refractivity (Wildman–Crippen MR) is 135 cm³/mol. The van der Waals surface area contributed by atoms with Gasteiger partial charge >= 0.3 is 0 Å². The topological polar surface area (TPSA) is 68.3 Å². The summed E-state index contributed by atoms with van der Waals surface area (Å²) in [6, 6.07) is 16.5. The number of hydrogen-bond acceptors (Lipinski definition) is 5. The highest BCUT2D eigenvalue weighted by molar-refractivity contribution is 7.98. The molecule has 6 nitrogen and oxygen atoms in total. The lowest BCUT2D eigenvalue weighted by atomic mass is 10.1. The number of amides is 1. The molecule has 34 heavy (non-hydrogen) atoms. The number of likely N-dealkylation sites (tertiary alicyclic amines) is 1. The lowest BCUT2D eigenvalue weighted by molar-refractivity contribution is 0.0724. The predicted octanol–water partition coefficient (Wildman–Crippen LogP) is 5.61. The SMILES string of the molecule is O=C(c1cccc(CSc2nc3cc(Cl)ccc3c(=O)n2Cc2ccco2)c1)N1CCCCC1. The molecule has 1 aliphatic rings. The van der Waals surface area contributed by atoms with Gasteiger partial charge in [0.2, 0.25) is 0 Å². The summed E-state index contributed by atoms with van der Waals surface area (Å²) in [5.41, 5.74) is 2.11. The van der Waals surface area contributed by atoms with Crippen LogP contribution >= 0.6 is 23.4 Å². The summed E-state index contributed by atoms with van der Waals surface area (Å²) in [7, 11) is 0. The van der Waals surface area contributed by atoms with Crippen LogP contribution in [0.1, 0.15) is 40.9 Å². The van der Waals surface area contributed by atoms with E-state index in [0.29, 0.717) is 38.2 Å². The minimum Gasteiger partial charge on any atom is -0.467 e. The first-order valence-electron chi connectivity index (χ1n) is 11.3. The molecular formula is C26H24ClN3O3S. The molecular weight excluding hydrogens is 470 g/mol. The molecule has 0 aliphatic carbocycles. The first kappa shape index (κ1) is 22.7. The van der Waals surface area contributed by atoms with Gasteiger partial charge in [0, 0.05) is 29.4 Å². The van der Waals surface area contributed by atoms with Gasteiger partial charge in [-0.1, -0.05) is 35.5 Å². The number of nitrogens with zero attached hydrogens (tertiary/aromatic N) is 3. The molecule has 1 fully saturated rings. The van der Waals surface area contributed by atoms with Crippen molar-refractivity contribution in [2.24, 2.45) is 0 Å². The van der Waals surface area contributed by atoms with E-state index in [1.807, 2.05) is 35.2 Å². The molecule has 3 heterocycles. The van der Waals surface area contributed by atoms with Crippen molar-refractivity contribution >= 4 is 40.2 Å². The van der Waals surface area contributed by atoms with Gasteiger partial charge in [-0.15, -0.1) is 0 Å². The Morgan fingerprint density at radius 1 is 1.06 bits per heavy atom. The first-order chi connectivity index (χ1) is 16.6. The Balaban J connectivity index is 1.43. The highest BCUT2D eigenvalue weighted by atomic mass is 35.5. The van der Waals surface area contributed by atoms with Crippen LogP contribution in [0.2, 0.25) is 5.02 Å². The average Bonchev–Trinajstić information content (AvgIpc) is 3.38. The summed E-state index contributed by atoms with van der Waals surface area (Å²) < 4.78 is 7.11. The van der Waals surface area contributed by atoms with Gasteiger partial charge in [-0.25, -0.2) is 4.98 Å². The van der Waals surface area contributed by atoms with Crippen molar-refractivity contribution in [1.29, 1.82) is 0 Å². The quantitative estimate of drug-likeness (QED) is 0.258. The van der Waals surface area contributed by atoms with Crippen LogP contribution < -0.4 is 5.56 Å². The van der Waals surface area contributed by atoms with Gasteiger partial charge in [0.15, 0.2) is 5.16 Å². The smallest absolute Gasteiger partial charge is 0.262 e. The van der Waals surface area contributed by atoms with E-state index in [2.05, 4.69) is 0 Å². The fraction of sp³-hybridized carbons (Fsp3) is 0.269. The molecule has 1 saturated heterocycles. The average molecular weight is 494 g/mol. The van der Waals surface area contributed by atoms with Crippen LogP contribution in [0.25, 0.3) is 10.9 Å². The second kappa shape index (κ2) is 10.1. The summed E-state index contributed by atoms with van der Waals surface area (Å²) in [5.74, 6) is 1.32. The van der Waals surface area contributed by atoms with E-state index in [1.54, 1.807) is 35.1 Å². The number of rotatable bonds is 6. The number of fused-ring (bicyclic) bond motifs is 1. The van der Waals surface area contributed by atoms with Crippen molar-refractivity contribution in [1.82, 2.24) is 14.5 Å². The summed E-state index contributed by atoms with van der Waals surface area (Å²) >= 11 is 7.61. The van der Waals surface area contributed by atoms with Gasteiger partial charge in [-0.3, -0.25) is 14.2 Å². The third kappa shape index (κ3) is 4.91. The Kier molecular flexibility index (Phi) is 6.74. The van der Waals surface area contributed by atoms with Crippen LogP contribution in [0.3, 0.4) is 0 Å². The van der Waals surface area contributed by atoms with Crippen LogP contribution in [-0.4, -0.2) is 33.4 Å². The van der Waals surface area contributed by atoms with Gasteiger partial charge in [-0.2, -0.15) is 0 Å². The number of hydrogen-bond donors (Lipinski definition) is 0. The maximum Gasteiger partial charge on any atom is 0.262 e. The van der Waals surface area contributed by atoms with E-state index in [-0.39, 0.29) is 18.0 Å². The summed E-state index contributed by atoms with van der Waals surface area (Å²) in [4.78, 5) is 32.9. The van der Waals surface area contributed by atoms with Gasteiger partial charge in [0.25, 0.3) is 11.5 Å². The number of furan rings is 1. The van der Waals surface area contributed by atoms with Crippen LogP contribution in [0.15, 0.2) is 75.2 Å². The molecule has 0 radical (unpaired) electrons. The van der Waals surface area contributed by atoms with Crippen LogP contribution in [0, 0.1) is 0 Å². The number of benzene rings is 2. The third-order valence-corrected chi connectivity index (χ3v) is 7.24. The summed E-state index contributed by atoms with van der Waals surface area (Å²) in [5, 5.41) is 1.61. The number of carbonyl (C=O) groups is 1. The molecule has 0 atom stereocenters. The van der Waals surface area contributed by atoms with E-state index < -0.39 is 0 Å². The molecule has 0 N–H and O–H groups in total. The Labute approximate surface area is 206 Å². The van der Waals surface area contributed by atoms with Crippen molar-refractivity contribution in [3.63, 3.8) is 0 Å². The van der Waals surface area contributed by atoms with Gasteiger partial charge < -0.3 is 9.32 Å². The minimum atomic E-state index is -0.144. The normalized spacial score (nSPS) is 14.0. The molecule has 8 heteroatoms. The monoisotopic (exact) mass is 493 g/mol. The lowest BCUT2D eigenvalue weighted by Crippen LogP contribution is -2.35. The molecule has 174 valence electrons. The fourth-order valence-electron chi connectivity index (χ4n) is 4.20. The Hall–Kier alpha value is -3.03.